The summed E-state index contributed by atoms with van der Waals surface area (Å²) in [6.07, 6.45) is -2.74. The molecule has 0 aromatic rings. The highest BCUT2D eigenvalue weighted by Gasteiger charge is 2.33. The Balaban J connectivity index is 4.31. The lowest BCUT2D eigenvalue weighted by Crippen LogP contribution is -2.45. The van der Waals surface area contributed by atoms with Crippen molar-refractivity contribution in [1.29, 1.82) is 0 Å². The quantitative estimate of drug-likeness (QED) is 0.727. The van der Waals surface area contributed by atoms with Crippen molar-refractivity contribution in [2.45, 2.75) is 58.7 Å². The van der Waals surface area contributed by atoms with Crippen molar-refractivity contribution in [3.8, 4) is 0 Å². The van der Waals surface area contributed by atoms with Crippen LogP contribution in [0.25, 0.3) is 0 Å². The average Bonchev–Trinajstić information content (AvgIpc) is 2.11. The van der Waals surface area contributed by atoms with Crippen LogP contribution in [0.3, 0.4) is 0 Å². The van der Waals surface area contributed by atoms with Gasteiger partial charge in [0, 0.05) is 5.54 Å². The summed E-state index contributed by atoms with van der Waals surface area (Å²) in [7, 11) is 0. The molecule has 0 unspecified atom stereocenters. The summed E-state index contributed by atoms with van der Waals surface area (Å²) in [6, 6.07) is 0. The van der Waals surface area contributed by atoms with Crippen molar-refractivity contribution in [2.24, 2.45) is 5.41 Å². The van der Waals surface area contributed by atoms with Gasteiger partial charge in [0.05, 0.1) is 0 Å². The highest BCUT2D eigenvalue weighted by molar-refractivity contribution is 5.77. The van der Waals surface area contributed by atoms with Gasteiger partial charge in [-0.1, -0.05) is 19.9 Å². The smallest absolute Gasteiger partial charge is 0.351 e. The molecule has 0 rings (SSSR count). The molecule has 0 aliphatic rings. The fourth-order valence-electron chi connectivity index (χ4n) is 1.40. The van der Waals surface area contributed by atoms with E-state index in [9.17, 15) is 18.0 Å². The van der Waals surface area contributed by atoms with E-state index in [0.29, 0.717) is 6.42 Å². The van der Waals surface area contributed by atoms with Crippen LogP contribution in [0.5, 0.6) is 0 Å². The van der Waals surface area contributed by atoms with Gasteiger partial charge < -0.3 is 5.32 Å². The molecule has 0 saturated heterocycles. The molecule has 18 heavy (non-hydrogen) atoms. The van der Waals surface area contributed by atoms with E-state index < -0.39 is 24.0 Å². The molecule has 0 heterocycles. The van der Waals surface area contributed by atoms with Gasteiger partial charge in [0.15, 0.2) is 0 Å². The second-order valence-corrected chi connectivity index (χ2v) is 5.92. The summed E-state index contributed by atoms with van der Waals surface area (Å²) in [5.41, 5.74) is -0.741. The van der Waals surface area contributed by atoms with E-state index in [1.807, 2.05) is 13.8 Å². The van der Waals surface area contributed by atoms with Gasteiger partial charge in [-0.3, -0.25) is 4.79 Å². The first-order chi connectivity index (χ1) is 7.87. The fraction of sp³-hybridized carbons (Fsp3) is 0.769. The summed E-state index contributed by atoms with van der Waals surface area (Å²) >= 11 is 0. The third-order valence-electron chi connectivity index (χ3n) is 2.79. The largest absolute Gasteiger partial charge is 0.397 e. The van der Waals surface area contributed by atoms with Gasteiger partial charge >= 0.3 is 6.18 Å². The monoisotopic (exact) mass is 265 g/mol. The minimum atomic E-state index is -4.46. The van der Waals surface area contributed by atoms with Crippen molar-refractivity contribution < 1.29 is 18.0 Å². The Morgan fingerprint density at radius 3 is 2.06 bits per heavy atom. The molecule has 0 aliphatic carbocycles. The van der Waals surface area contributed by atoms with Crippen LogP contribution in [-0.4, -0.2) is 17.6 Å². The SMILES string of the molecule is C=CC(C)(C)CCC(C)(C)NC(=O)CC(F)(F)F. The molecule has 5 heteroatoms. The second kappa shape index (κ2) is 5.76. The number of alkyl halides is 3. The summed E-state index contributed by atoms with van der Waals surface area (Å²) in [5.74, 6) is -0.982. The Labute approximate surface area is 107 Å². The maximum absolute atomic E-state index is 12.0. The molecule has 0 saturated carbocycles. The highest BCUT2D eigenvalue weighted by atomic mass is 19.4. The first-order valence-corrected chi connectivity index (χ1v) is 5.88. The zero-order valence-electron chi connectivity index (χ0n) is 11.4. The lowest BCUT2D eigenvalue weighted by Gasteiger charge is -2.30. The van der Waals surface area contributed by atoms with Crippen LogP contribution in [0.4, 0.5) is 13.2 Å². The molecule has 0 aliphatic heterocycles. The molecule has 0 spiro atoms. The van der Waals surface area contributed by atoms with Crippen molar-refractivity contribution in [2.75, 3.05) is 0 Å². The molecule has 106 valence electrons. The van der Waals surface area contributed by atoms with E-state index in [-0.39, 0.29) is 5.41 Å². The number of halogens is 3. The number of allylic oxidation sites excluding steroid dienone is 1. The van der Waals surface area contributed by atoms with E-state index >= 15 is 0 Å². The van der Waals surface area contributed by atoms with Crippen LogP contribution >= 0.6 is 0 Å². The van der Waals surface area contributed by atoms with Gasteiger partial charge in [-0.05, 0) is 32.1 Å². The Hall–Kier alpha value is -1.00. The topological polar surface area (TPSA) is 29.1 Å². The summed E-state index contributed by atoms with van der Waals surface area (Å²) in [5, 5.41) is 2.42. The lowest BCUT2D eigenvalue weighted by atomic mass is 9.83. The molecule has 0 aromatic carbocycles. The van der Waals surface area contributed by atoms with Crippen LogP contribution in [0.15, 0.2) is 12.7 Å². The summed E-state index contributed by atoms with van der Waals surface area (Å²) < 4.78 is 36.1. The van der Waals surface area contributed by atoms with Crippen LogP contribution in [0.1, 0.15) is 47.0 Å². The summed E-state index contributed by atoms with van der Waals surface area (Å²) in [6.45, 7) is 11.1. The number of amides is 1. The third kappa shape index (κ3) is 8.14. The van der Waals surface area contributed by atoms with E-state index in [0.717, 1.165) is 6.42 Å². The van der Waals surface area contributed by atoms with Gasteiger partial charge in [-0.25, -0.2) is 0 Å². The molecule has 0 atom stereocenters. The predicted molar refractivity (Wildman–Crippen MR) is 66.1 cm³/mol. The third-order valence-corrected chi connectivity index (χ3v) is 2.79. The van der Waals surface area contributed by atoms with E-state index in [1.165, 1.54) is 0 Å². The van der Waals surface area contributed by atoms with Gasteiger partial charge in [0.1, 0.15) is 6.42 Å². The number of carbonyl (C=O) groups excluding carboxylic acids is 1. The van der Waals surface area contributed by atoms with E-state index in [2.05, 4.69) is 11.9 Å². The number of rotatable bonds is 6. The van der Waals surface area contributed by atoms with Crippen LogP contribution in [0, 0.1) is 5.41 Å². The van der Waals surface area contributed by atoms with E-state index in [4.69, 9.17) is 0 Å². The molecule has 1 amide bonds. The van der Waals surface area contributed by atoms with Crippen molar-refractivity contribution in [3.63, 3.8) is 0 Å². The average molecular weight is 265 g/mol. The minimum Gasteiger partial charge on any atom is -0.351 e. The highest BCUT2D eigenvalue weighted by Crippen LogP contribution is 2.27. The van der Waals surface area contributed by atoms with E-state index in [1.54, 1.807) is 19.9 Å². The Morgan fingerprint density at radius 2 is 1.67 bits per heavy atom. The van der Waals surface area contributed by atoms with Gasteiger partial charge in [0.2, 0.25) is 5.91 Å². The van der Waals surface area contributed by atoms with Crippen LogP contribution < -0.4 is 5.32 Å². The second-order valence-electron chi connectivity index (χ2n) is 5.92. The van der Waals surface area contributed by atoms with Crippen molar-refractivity contribution in [1.82, 2.24) is 5.32 Å². The number of nitrogens with one attached hydrogen (secondary N) is 1. The predicted octanol–water partition coefficient (Wildman–Crippen LogP) is 3.83. The van der Waals surface area contributed by atoms with Gasteiger partial charge in [0.25, 0.3) is 0 Å². The molecule has 2 nitrogen and oxygen atoms in total. The Morgan fingerprint density at radius 1 is 1.17 bits per heavy atom. The minimum absolute atomic E-state index is 0.0912. The maximum atomic E-state index is 12.0. The first kappa shape index (κ1) is 17.0. The first-order valence-electron chi connectivity index (χ1n) is 5.88. The molecule has 0 fully saturated rings. The zero-order chi connectivity index (χ0) is 14.6. The van der Waals surface area contributed by atoms with Crippen molar-refractivity contribution in [3.05, 3.63) is 12.7 Å². The van der Waals surface area contributed by atoms with Gasteiger partial charge in [-0.2, -0.15) is 13.2 Å². The molecular formula is C13H22F3NO. The van der Waals surface area contributed by atoms with Crippen LogP contribution in [0.2, 0.25) is 0 Å². The molecule has 0 aromatic heterocycles. The normalized spacial score (nSPS) is 13.3. The standard InChI is InChI=1S/C13H22F3NO/c1-6-11(2,3)7-8-12(4,5)17-10(18)9-13(14,15)16/h6H,1,7-9H2,2-5H3,(H,17,18). The van der Waals surface area contributed by atoms with Crippen LogP contribution in [-0.2, 0) is 4.79 Å². The molecule has 0 radical (unpaired) electrons. The fourth-order valence-corrected chi connectivity index (χ4v) is 1.40. The number of hydrogen-bond donors (Lipinski definition) is 1. The number of hydrogen-bond acceptors (Lipinski definition) is 1. The molecule has 0 bridgehead atoms. The lowest BCUT2D eigenvalue weighted by molar-refractivity contribution is -0.154. The van der Waals surface area contributed by atoms with Gasteiger partial charge in [-0.15, -0.1) is 6.58 Å². The molecular weight excluding hydrogens is 243 g/mol. The van der Waals surface area contributed by atoms with Crippen molar-refractivity contribution >= 4 is 5.91 Å². The zero-order valence-corrected chi connectivity index (χ0v) is 11.4. The Bertz CT molecular complexity index is 306. The Kier molecular flexibility index (Phi) is 5.44. The maximum Gasteiger partial charge on any atom is 0.397 e. The number of carbonyl (C=O) groups is 1. The summed E-state index contributed by atoms with van der Waals surface area (Å²) in [4.78, 5) is 11.2. The molecule has 1 N–H and O–H groups in total.